The van der Waals surface area contributed by atoms with Gasteiger partial charge in [0.25, 0.3) is 0 Å². The first kappa shape index (κ1) is 26.5. The van der Waals surface area contributed by atoms with Gasteiger partial charge < -0.3 is 4.90 Å². The predicted molar refractivity (Wildman–Crippen MR) is 196 cm³/mol. The number of fused-ring (bicyclic) bond motifs is 8. The zero-order valence-corrected chi connectivity index (χ0v) is 25.8. The minimum Gasteiger partial charge on any atom is -0.310 e. The van der Waals surface area contributed by atoms with Crippen LogP contribution < -0.4 is 4.90 Å². The Morgan fingerprint density at radius 3 is 1.83 bits per heavy atom. The number of anilines is 3. The van der Waals surface area contributed by atoms with Gasteiger partial charge in [-0.1, -0.05) is 72.8 Å². The van der Waals surface area contributed by atoms with Crippen LogP contribution in [0.3, 0.4) is 0 Å². The molecular formula is C42H28N6. The second-order valence-corrected chi connectivity index (χ2v) is 12.0. The largest absolute Gasteiger partial charge is 0.310 e. The molecule has 0 bridgehead atoms. The first-order chi connectivity index (χ1) is 23.8. The Balaban J connectivity index is 1.18. The Bertz CT molecular complexity index is 2750. The summed E-state index contributed by atoms with van der Waals surface area (Å²) in [5, 5.41) is 2.33. The summed E-state index contributed by atoms with van der Waals surface area (Å²) in [6, 6.07) is 57.6. The van der Waals surface area contributed by atoms with E-state index in [1.807, 2.05) is 18.3 Å². The molecule has 0 saturated heterocycles. The van der Waals surface area contributed by atoms with Crippen molar-refractivity contribution in [3.63, 3.8) is 0 Å². The van der Waals surface area contributed by atoms with E-state index in [2.05, 4.69) is 170 Å². The van der Waals surface area contributed by atoms with Gasteiger partial charge in [0.05, 0.1) is 33.3 Å². The first-order valence-electron chi connectivity index (χ1n) is 16.1. The second kappa shape index (κ2) is 10.4. The van der Waals surface area contributed by atoms with Crippen molar-refractivity contribution in [2.24, 2.45) is 0 Å². The number of pyridine rings is 1. The average Bonchev–Trinajstić information content (AvgIpc) is 3.79. The third-order valence-corrected chi connectivity index (χ3v) is 9.25. The number of nitrogens with zero attached hydrogens (tertiary/aromatic N) is 6. The standard InChI is InChI=1S/C42H28N6/c1-2-13-29(14-3-1)45(30-15-10-17-32(27-30)46-37-22-6-4-19-34(37)35-20-12-26-43-41(35)46)31-16-11-18-33(28-31)47-39-24-8-9-25-40(39)48-38-23-7-5-21-36(38)44-42(47)48/h1-28H. The lowest BCUT2D eigenvalue weighted by molar-refractivity contribution is 1.10. The fourth-order valence-corrected chi connectivity index (χ4v) is 7.23. The van der Waals surface area contributed by atoms with Crippen molar-refractivity contribution < 1.29 is 0 Å². The van der Waals surface area contributed by atoms with Crippen molar-refractivity contribution in [2.45, 2.75) is 0 Å². The molecule has 10 aromatic rings. The molecule has 48 heavy (non-hydrogen) atoms. The molecule has 4 aromatic heterocycles. The summed E-state index contributed by atoms with van der Waals surface area (Å²) in [6.07, 6.45) is 1.87. The molecular weight excluding hydrogens is 589 g/mol. The highest BCUT2D eigenvalue weighted by atomic mass is 15.2. The van der Waals surface area contributed by atoms with Crippen molar-refractivity contribution in [3.05, 3.63) is 170 Å². The third-order valence-electron chi connectivity index (χ3n) is 9.25. The fraction of sp³-hybridized carbons (Fsp3) is 0. The Morgan fingerprint density at radius 1 is 0.438 bits per heavy atom. The lowest BCUT2D eigenvalue weighted by Crippen LogP contribution is -2.11. The molecule has 0 spiro atoms. The van der Waals surface area contributed by atoms with E-state index in [0.717, 1.165) is 72.8 Å². The van der Waals surface area contributed by atoms with Gasteiger partial charge in [0.15, 0.2) is 0 Å². The number of aromatic nitrogens is 5. The van der Waals surface area contributed by atoms with E-state index in [-0.39, 0.29) is 0 Å². The number of para-hydroxylation sites is 6. The Hall–Kier alpha value is -6.66. The highest BCUT2D eigenvalue weighted by Crippen LogP contribution is 2.39. The molecule has 0 atom stereocenters. The number of hydrogen-bond donors (Lipinski definition) is 0. The van der Waals surface area contributed by atoms with Gasteiger partial charge in [-0.2, -0.15) is 0 Å². The molecule has 0 saturated carbocycles. The summed E-state index contributed by atoms with van der Waals surface area (Å²) < 4.78 is 6.79. The maximum Gasteiger partial charge on any atom is 0.220 e. The van der Waals surface area contributed by atoms with Crippen LogP contribution in [0.4, 0.5) is 17.1 Å². The molecule has 0 unspecified atom stereocenters. The third kappa shape index (κ3) is 3.93. The summed E-state index contributed by atoms with van der Waals surface area (Å²) in [6.45, 7) is 0. The van der Waals surface area contributed by atoms with Gasteiger partial charge >= 0.3 is 0 Å². The van der Waals surface area contributed by atoms with Gasteiger partial charge in [-0.3, -0.25) is 13.5 Å². The molecule has 4 heterocycles. The normalized spacial score (nSPS) is 11.8. The van der Waals surface area contributed by atoms with Crippen molar-refractivity contribution in [3.8, 4) is 11.4 Å². The molecule has 0 aliphatic carbocycles. The minimum atomic E-state index is 0.890. The highest BCUT2D eigenvalue weighted by molar-refractivity contribution is 6.07. The molecule has 6 nitrogen and oxygen atoms in total. The quantitative estimate of drug-likeness (QED) is 0.193. The fourth-order valence-electron chi connectivity index (χ4n) is 7.23. The van der Waals surface area contributed by atoms with Crippen molar-refractivity contribution in [2.75, 3.05) is 4.90 Å². The first-order valence-corrected chi connectivity index (χ1v) is 16.1. The molecule has 10 rings (SSSR count). The molecule has 0 radical (unpaired) electrons. The van der Waals surface area contributed by atoms with Gasteiger partial charge in [-0.05, 0) is 91.0 Å². The predicted octanol–water partition coefficient (Wildman–Crippen LogP) is 10.4. The van der Waals surface area contributed by atoms with Gasteiger partial charge in [0.1, 0.15) is 5.65 Å². The molecule has 6 heteroatoms. The lowest BCUT2D eigenvalue weighted by Gasteiger charge is -2.26. The van der Waals surface area contributed by atoms with E-state index < -0.39 is 0 Å². The SMILES string of the molecule is c1ccc(N(c2cccc(-n3c4ccccc4c4cccnc43)c2)c2cccc(-n3c4ccccc4n4c5ccccc5nc34)c2)cc1. The number of imidazole rings is 2. The second-order valence-electron chi connectivity index (χ2n) is 12.0. The van der Waals surface area contributed by atoms with E-state index in [1.54, 1.807) is 0 Å². The maximum absolute atomic E-state index is 5.11. The lowest BCUT2D eigenvalue weighted by atomic mass is 10.1. The van der Waals surface area contributed by atoms with Crippen LogP contribution in [0, 0.1) is 0 Å². The summed E-state index contributed by atoms with van der Waals surface area (Å²) in [5.41, 5.74) is 11.6. The van der Waals surface area contributed by atoms with Crippen LogP contribution in [-0.4, -0.2) is 23.5 Å². The monoisotopic (exact) mass is 616 g/mol. The molecule has 0 aliphatic rings. The van der Waals surface area contributed by atoms with Crippen molar-refractivity contribution in [1.29, 1.82) is 0 Å². The smallest absolute Gasteiger partial charge is 0.220 e. The molecule has 0 N–H and O–H groups in total. The highest BCUT2D eigenvalue weighted by Gasteiger charge is 2.20. The van der Waals surface area contributed by atoms with E-state index in [9.17, 15) is 0 Å². The van der Waals surface area contributed by atoms with E-state index >= 15 is 0 Å². The minimum absolute atomic E-state index is 0.890. The van der Waals surface area contributed by atoms with Crippen LogP contribution in [0.2, 0.25) is 0 Å². The zero-order chi connectivity index (χ0) is 31.6. The molecule has 0 amide bonds. The molecule has 0 aliphatic heterocycles. The number of rotatable bonds is 5. The van der Waals surface area contributed by atoms with Crippen LogP contribution >= 0.6 is 0 Å². The molecule has 0 fully saturated rings. The van der Waals surface area contributed by atoms with Crippen LogP contribution in [0.25, 0.3) is 61.2 Å². The Labute approximate surface area is 276 Å². The van der Waals surface area contributed by atoms with Gasteiger partial charge in [0, 0.05) is 39.7 Å². The van der Waals surface area contributed by atoms with Crippen LogP contribution in [0.1, 0.15) is 0 Å². The van der Waals surface area contributed by atoms with Crippen LogP contribution in [0.15, 0.2) is 170 Å². The van der Waals surface area contributed by atoms with Gasteiger partial charge in [0.2, 0.25) is 5.78 Å². The van der Waals surface area contributed by atoms with E-state index in [1.165, 1.54) is 5.39 Å². The number of hydrogen-bond acceptors (Lipinski definition) is 3. The maximum atomic E-state index is 5.11. The van der Waals surface area contributed by atoms with Crippen molar-refractivity contribution in [1.82, 2.24) is 23.5 Å². The molecule has 6 aromatic carbocycles. The molecule has 226 valence electrons. The number of benzene rings is 6. The summed E-state index contributed by atoms with van der Waals surface area (Å²) >= 11 is 0. The average molecular weight is 617 g/mol. The van der Waals surface area contributed by atoms with Crippen molar-refractivity contribution >= 4 is 66.8 Å². The summed E-state index contributed by atoms with van der Waals surface area (Å²) in [7, 11) is 0. The summed E-state index contributed by atoms with van der Waals surface area (Å²) in [5.74, 6) is 0.890. The topological polar surface area (TPSA) is 43.3 Å². The van der Waals surface area contributed by atoms with E-state index in [0.29, 0.717) is 0 Å². The van der Waals surface area contributed by atoms with E-state index in [4.69, 9.17) is 9.97 Å². The zero-order valence-electron chi connectivity index (χ0n) is 25.8. The van der Waals surface area contributed by atoms with Crippen LogP contribution in [-0.2, 0) is 0 Å². The summed E-state index contributed by atoms with van der Waals surface area (Å²) in [4.78, 5) is 12.3. The van der Waals surface area contributed by atoms with Gasteiger partial charge in [-0.15, -0.1) is 0 Å². The van der Waals surface area contributed by atoms with Crippen LogP contribution in [0.5, 0.6) is 0 Å². The Kier molecular flexibility index (Phi) is 5.77. The van der Waals surface area contributed by atoms with Gasteiger partial charge in [-0.25, -0.2) is 9.97 Å². The Morgan fingerprint density at radius 2 is 1.04 bits per heavy atom.